The number of fused-ring (bicyclic) bond motifs is 8. The molecule has 1 saturated heterocycles. The molecule has 0 spiro atoms. The second-order valence-corrected chi connectivity index (χ2v) is 17.5. The lowest BCUT2D eigenvalue weighted by molar-refractivity contribution is -0.376. The second kappa shape index (κ2) is 20.7. The molecule has 1 fully saturated rings. The van der Waals surface area contributed by atoms with Crippen molar-refractivity contribution in [3.63, 3.8) is 0 Å². The van der Waals surface area contributed by atoms with E-state index in [1.165, 1.54) is 0 Å². The van der Waals surface area contributed by atoms with E-state index in [-0.39, 0.29) is 63.3 Å². The third kappa shape index (κ3) is 9.99. The molecule has 66 heavy (non-hydrogen) atoms. The van der Waals surface area contributed by atoms with Crippen LogP contribution in [-0.2, 0) is 52.7 Å². The fourth-order valence-electron chi connectivity index (χ4n) is 8.98. The number of aromatic hydroxyl groups is 1. The molecule has 3 aromatic carbocycles. The Bertz CT molecular complexity index is 2310. The maximum Gasteiger partial charge on any atom is 0.332 e. The van der Waals surface area contributed by atoms with Gasteiger partial charge in [-0.25, -0.2) is 0 Å². The zero-order valence-corrected chi connectivity index (χ0v) is 37.4. The average molecular weight is 919 g/mol. The van der Waals surface area contributed by atoms with E-state index in [1.807, 2.05) is 25.1 Å². The van der Waals surface area contributed by atoms with Crippen molar-refractivity contribution in [1.29, 1.82) is 0 Å². The summed E-state index contributed by atoms with van der Waals surface area (Å²) in [6.07, 6.45) is -5.43. The Hall–Kier alpha value is -5.36. The largest absolute Gasteiger partial charge is 0.508 e. The Morgan fingerprint density at radius 3 is 2.56 bits per heavy atom. The summed E-state index contributed by atoms with van der Waals surface area (Å²) in [5.41, 5.74) is 11.5. The van der Waals surface area contributed by atoms with Crippen LogP contribution in [0, 0.1) is 23.7 Å². The van der Waals surface area contributed by atoms with Gasteiger partial charge in [0.05, 0.1) is 19.1 Å². The van der Waals surface area contributed by atoms with E-state index in [1.54, 1.807) is 25.2 Å². The van der Waals surface area contributed by atoms with Gasteiger partial charge in [0.25, 0.3) is 0 Å². The molecule has 0 amide bonds. The number of hydrogen-bond acceptors (Lipinski definition) is 17. The van der Waals surface area contributed by atoms with Crippen LogP contribution in [-0.4, -0.2) is 122 Å². The van der Waals surface area contributed by atoms with Crippen molar-refractivity contribution in [2.45, 2.75) is 108 Å². The van der Waals surface area contributed by atoms with Crippen LogP contribution in [0.2, 0.25) is 0 Å². The monoisotopic (exact) mass is 918 g/mol. The summed E-state index contributed by atoms with van der Waals surface area (Å²) < 4.78 is 49.2. The molecule has 356 valence electrons. The number of likely N-dealkylation sites (N-methyl/N-ethyl adjacent to an activating group) is 1. The maximum atomic E-state index is 13.1. The number of aliphatic hydroxyl groups is 2. The standard InChI is InChI=1S/C48H58N2O16/c1-5-25-13-26(16-28(52)15-25)14-27-17-37-31(42-33(20-58-37)30-18-38-43(62-23-61-38)32(12-24(2)3)41(30)64-42)19-36(27)65-66-45-40(53)44(57-11-7-10-51)39-22-59-47(56)29(46(54)55)8-6-9-35(50-4)34(49)21-60-48(45)63-39/h13,15-19,24,29,33-35,39-40,42,44-45,48,50-53H,5,7,9-12,14,20-23,49H2,1-4H3,(H,54,55)/t29-,33-,34-,35+,39-,40+,42-,44-,45-,48-/m1/s1. The first-order valence-electron chi connectivity index (χ1n) is 22.4. The van der Waals surface area contributed by atoms with E-state index in [9.17, 15) is 30.0 Å². The minimum Gasteiger partial charge on any atom is -0.508 e. The normalized spacial score (nSPS) is 27.8. The number of carbonyl (C=O) groups is 2. The first-order chi connectivity index (χ1) is 31.9. The number of carboxylic acid groups (broad SMARTS) is 1. The second-order valence-electron chi connectivity index (χ2n) is 17.5. The number of aryl methyl sites for hydroxylation is 1. The number of ether oxygens (including phenoxy) is 8. The Kier molecular flexibility index (Phi) is 14.8. The van der Waals surface area contributed by atoms with Gasteiger partial charge in [-0.15, -0.1) is 5.92 Å². The van der Waals surface area contributed by atoms with Crippen LogP contribution in [0.25, 0.3) is 0 Å². The number of hydrogen-bond donors (Lipinski definition) is 6. The lowest BCUT2D eigenvalue weighted by atomic mass is 9.86. The summed E-state index contributed by atoms with van der Waals surface area (Å²) in [5, 5.41) is 45.2. The number of phenols is 1. The van der Waals surface area contributed by atoms with Crippen molar-refractivity contribution in [2.75, 3.05) is 46.9 Å². The van der Waals surface area contributed by atoms with E-state index >= 15 is 0 Å². The van der Waals surface area contributed by atoms with E-state index < -0.39 is 73.4 Å². The predicted octanol–water partition coefficient (Wildman–Crippen LogP) is 3.20. The molecule has 10 atom stereocenters. The highest BCUT2D eigenvalue weighted by Gasteiger charge is 2.50. The molecule has 7 N–H and O–H groups in total. The van der Waals surface area contributed by atoms with Crippen molar-refractivity contribution >= 4 is 11.9 Å². The third-order valence-corrected chi connectivity index (χ3v) is 12.4. The molecule has 0 unspecified atom stereocenters. The summed E-state index contributed by atoms with van der Waals surface area (Å²) in [4.78, 5) is 37.6. The van der Waals surface area contributed by atoms with Crippen molar-refractivity contribution in [3.05, 3.63) is 69.8 Å². The van der Waals surface area contributed by atoms with Gasteiger partial charge in [0.1, 0.15) is 48.3 Å². The molecule has 8 rings (SSSR count). The van der Waals surface area contributed by atoms with E-state index in [0.717, 1.165) is 28.0 Å². The lowest BCUT2D eigenvalue weighted by Crippen LogP contribution is -2.62. The van der Waals surface area contributed by atoms with E-state index in [2.05, 4.69) is 31.0 Å². The maximum absolute atomic E-state index is 13.1. The fraction of sp³-hybridized carbons (Fsp3) is 0.542. The van der Waals surface area contributed by atoms with Gasteiger partial charge in [-0.2, -0.15) is 4.89 Å². The lowest BCUT2D eigenvalue weighted by Gasteiger charge is -2.43. The molecular formula is C48H58N2O16. The number of cyclic esters (lactones) is 1. The summed E-state index contributed by atoms with van der Waals surface area (Å²) >= 11 is 0. The predicted molar refractivity (Wildman–Crippen MR) is 232 cm³/mol. The van der Waals surface area contributed by atoms with Crippen LogP contribution >= 0.6 is 0 Å². The van der Waals surface area contributed by atoms with Gasteiger partial charge in [-0.1, -0.05) is 32.8 Å². The van der Waals surface area contributed by atoms with Crippen molar-refractivity contribution in [1.82, 2.24) is 5.32 Å². The van der Waals surface area contributed by atoms with Crippen LogP contribution in [0.1, 0.15) is 79.0 Å². The van der Waals surface area contributed by atoms with Gasteiger partial charge in [0.2, 0.25) is 12.7 Å². The highest BCUT2D eigenvalue weighted by atomic mass is 17.2. The van der Waals surface area contributed by atoms with E-state index in [4.69, 9.17) is 53.4 Å². The van der Waals surface area contributed by atoms with Gasteiger partial charge in [0, 0.05) is 60.4 Å². The molecule has 2 bridgehead atoms. The molecule has 5 aliphatic heterocycles. The molecule has 5 heterocycles. The van der Waals surface area contributed by atoms with Crippen LogP contribution < -0.4 is 34.9 Å². The Balaban J connectivity index is 1.14. The van der Waals surface area contributed by atoms with Gasteiger partial charge in [-0.05, 0) is 73.7 Å². The number of aliphatic hydroxyl groups excluding tert-OH is 2. The highest BCUT2D eigenvalue weighted by Crippen LogP contribution is 2.57. The smallest absolute Gasteiger partial charge is 0.332 e. The highest BCUT2D eigenvalue weighted by molar-refractivity contribution is 5.97. The van der Waals surface area contributed by atoms with Crippen molar-refractivity contribution in [2.24, 2.45) is 17.6 Å². The van der Waals surface area contributed by atoms with Gasteiger partial charge < -0.3 is 74.3 Å². The molecule has 0 aliphatic carbocycles. The van der Waals surface area contributed by atoms with Crippen molar-refractivity contribution < 1.29 is 77.7 Å². The number of nitrogens with two attached hydrogens (primary N) is 1. The zero-order valence-electron chi connectivity index (χ0n) is 37.4. The SMILES string of the molecule is CCc1cc(O)cc(Cc2cc3c(cc2OO[C@H]2[C@@H]4OC[C@@H](N)[C@@H](NC)CC#C[C@H](C(=O)O)C(=O)OC[C@@H](O4)[C@@H](OCCCO)[C@@H]2O)[C@H]2Oc4c(cc5c(c4CC(C)C)OCO5)[C@H]2CO3)c1. The van der Waals surface area contributed by atoms with Gasteiger partial charge in [-0.3, -0.25) is 9.59 Å². The molecule has 18 heteroatoms. The van der Waals surface area contributed by atoms with Gasteiger partial charge >= 0.3 is 11.9 Å². The summed E-state index contributed by atoms with van der Waals surface area (Å²) in [7, 11) is 1.65. The molecule has 18 nitrogen and oxygen atoms in total. The number of carbonyl (C=O) groups excluding carboxylic acids is 1. The Labute approximate surface area is 382 Å². The summed E-state index contributed by atoms with van der Waals surface area (Å²) in [6, 6.07) is 9.74. The molecule has 0 aromatic heterocycles. The van der Waals surface area contributed by atoms with E-state index in [0.29, 0.717) is 53.7 Å². The number of phenolic OH excluding ortho intramolecular Hbond substituents is 1. The van der Waals surface area contributed by atoms with Crippen LogP contribution in [0.3, 0.4) is 0 Å². The van der Waals surface area contributed by atoms with Crippen LogP contribution in [0.15, 0.2) is 36.4 Å². The zero-order chi connectivity index (χ0) is 46.6. The first kappa shape index (κ1) is 47.1. The minimum atomic E-state index is -1.80. The number of benzene rings is 3. The number of aliphatic carboxylic acids is 1. The first-order valence-corrected chi connectivity index (χ1v) is 22.4. The number of nitrogens with one attached hydrogen (secondary N) is 1. The Morgan fingerprint density at radius 2 is 1.80 bits per heavy atom. The average Bonchev–Trinajstić information content (AvgIpc) is 3.92. The molecular weight excluding hydrogens is 861 g/mol. The van der Waals surface area contributed by atoms with Crippen molar-refractivity contribution in [3.8, 4) is 46.3 Å². The minimum absolute atomic E-state index is 0.0349. The molecule has 0 saturated carbocycles. The topological polar surface area (TPSA) is 245 Å². The molecule has 0 radical (unpaired) electrons. The third-order valence-electron chi connectivity index (χ3n) is 12.4. The number of esters is 1. The van der Waals surface area contributed by atoms with Gasteiger partial charge in [0.15, 0.2) is 29.6 Å². The molecule has 5 aliphatic rings. The summed E-state index contributed by atoms with van der Waals surface area (Å²) in [5.74, 6) is 3.86. The molecule has 3 aromatic rings. The summed E-state index contributed by atoms with van der Waals surface area (Å²) in [6.45, 7) is 5.76. The number of rotatable bonds is 14. The quantitative estimate of drug-likeness (QED) is 0.0340. The number of carboxylic acids is 1. The van der Waals surface area contributed by atoms with Crippen LogP contribution in [0.5, 0.6) is 34.5 Å². The fourth-order valence-corrected chi connectivity index (χ4v) is 8.98. The Morgan fingerprint density at radius 1 is 0.985 bits per heavy atom. The van der Waals surface area contributed by atoms with Crippen LogP contribution in [0.4, 0.5) is 0 Å².